The number of ether oxygens (including phenoxy) is 2. The number of benzene rings is 3. The standard InChI is InChI=1S/C33H39Cl2FN4O3/c1-21-8-11-24(12-9-21)39-29(33(2,3)23-10-13-25(34)28(18-23)42-7)19-38-30(39)20-43-31-26(35)16-22(17-27(31)36)32(41)37-14-15-40(4,5)6/h8-13,16-18,29H,14-15,19-20H2,1-7H3/p+1. The fraction of sp³-hybridized carbons (Fsp3) is 0.394. The van der Waals surface area contributed by atoms with Crippen LogP contribution in [0.1, 0.15) is 35.3 Å². The second-order valence-electron chi connectivity index (χ2n) is 12.4. The van der Waals surface area contributed by atoms with E-state index in [1.165, 1.54) is 6.07 Å². The lowest BCUT2D eigenvalue weighted by Crippen LogP contribution is -2.49. The largest absolute Gasteiger partial charge is 0.495 e. The Balaban J connectivity index is 1.56. The predicted octanol–water partition coefficient (Wildman–Crippen LogP) is 6.53. The molecule has 1 atom stereocenters. The monoisotopic (exact) mass is 629 g/mol. The Kier molecular flexibility index (Phi) is 9.94. The van der Waals surface area contributed by atoms with Crippen molar-refractivity contribution in [3.63, 3.8) is 0 Å². The first kappa shape index (κ1) is 32.6. The van der Waals surface area contributed by atoms with Crippen LogP contribution in [0.15, 0.2) is 59.6 Å². The summed E-state index contributed by atoms with van der Waals surface area (Å²) in [5.74, 6) is 0.0132. The number of nitrogens with one attached hydrogen (secondary N) is 1. The number of amides is 1. The molecule has 0 bridgehead atoms. The number of rotatable bonds is 11. The van der Waals surface area contributed by atoms with Crippen molar-refractivity contribution in [1.82, 2.24) is 5.32 Å². The van der Waals surface area contributed by atoms with Gasteiger partial charge in [0.15, 0.2) is 11.6 Å². The van der Waals surface area contributed by atoms with E-state index >= 15 is 4.39 Å². The van der Waals surface area contributed by atoms with E-state index in [1.54, 1.807) is 7.11 Å². The number of hydrogen-bond acceptors (Lipinski definition) is 5. The van der Waals surface area contributed by atoms with Gasteiger partial charge in [0, 0.05) is 16.7 Å². The number of carbonyl (C=O) groups excluding carboxylic acids is 1. The van der Waals surface area contributed by atoms with Gasteiger partial charge in [-0.3, -0.25) is 9.79 Å². The molecule has 0 aromatic heterocycles. The number of nitrogens with zero attached hydrogens (tertiary/aromatic N) is 3. The minimum Gasteiger partial charge on any atom is -0.495 e. The van der Waals surface area contributed by atoms with Gasteiger partial charge in [-0.15, -0.1) is 0 Å². The van der Waals surface area contributed by atoms with Crippen molar-refractivity contribution in [3.8, 4) is 11.5 Å². The zero-order chi connectivity index (χ0) is 31.5. The Morgan fingerprint density at radius 3 is 2.42 bits per heavy atom. The molecule has 0 saturated carbocycles. The van der Waals surface area contributed by atoms with Crippen LogP contribution < -0.4 is 19.7 Å². The summed E-state index contributed by atoms with van der Waals surface area (Å²) in [7, 11) is 7.69. The summed E-state index contributed by atoms with van der Waals surface area (Å²) in [6, 6.07) is 16.5. The summed E-state index contributed by atoms with van der Waals surface area (Å²) >= 11 is 12.8. The summed E-state index contributed by atoms with van der Waals surface area (Å²) in [6.07, 6.45) is 0. The van der Waals surface area contributed by atoms with Crippen molar-refractivity contribution >= 4 is 40.6 Å². The fourth-order valence-corrected chi connectivity index (χ4v) is 5.51. The molecule has 7 nitrogen and oxygen atoms in total. The van der Waals surface area contributed by atoms with E-state index in [1.807, 2.05) is 70.5 Å². The minimum absolute atomic E-state index is 0.0161. The zero-order valence-electron chi connectivity index (χ0n) is 25.8. The van der Waals surface area contributed by atoms with Crippen molar-refractivity contribution in [2.45, 2.75) is 32.2 Å². The number of aryl methyl sites for hydroxylation is 1. The number of anilines is 1. The highest BCUT2D eigenvalue weighted by Gasteiger charge is 2.41. The molecule has 0 fully saturated rings. The van der Waals surface area contributed by atoms with Crippen LogP contribution in [0.2, 0.25) is 10.0 Å². The molecule has 1 heterocycles. The van der Waals surface area contributed by atoms with Crippen LogP contribution in [-0.4, -0.2) is 76.8 Å². The van der Waals surface area contributed by atoms with Gasteiger partial charge >= 0.3 is 0 Å². The molecule has 4 rings (SSSR count). The second-order valence-corrected chi connectivity index (χ2v) is 13.2. The first-order chi connectivity index (χ1) is 20.2. The van der Waals surface area contributed by atoms with Crippen molar-refractivity contribution < 1.29 is 23.1 Å². The molecular weight excluding hydrogens is 590 g/mol. The van der Waals surface area contributed by atoms with Gasteiger partial charge in [-0.1, -0.05) is 60.8 Å². The van der Waals surface area contributed by atoms with Crippen LogP contribution in [0.4, 0.5) is 10.1 Å². The van der Waals surface area contributed by atoms with Crippen molar-refractivity contribution in [2.24, 2.45) is 4.99 Å². The van der Waals surface area contributed by atoms with E-state index in [-0.39, 0.29) is 29.0 Å². The quantitative estimate of drug-likeness (QED) is 0.245. The third-order valence-electron chi connectivity index (χ3n) is 7.75. The molecule has 3 aromatic rings. The van der Waals surface area contributed by atoms with E-state index in [2.05, 4.69) is 24.1 Å². The highest BCUT2D eigenvalue weighted by molar-refractivity contribution is 6.32. The van der Waals surface area contributed by atoms with Crippen LogP contribution >= 0.6 is 23.2 Å². The highest BCUT2D eigenvalue weighted by atomic mass is 35.5. The number of likely N-dealkylation sites (N-methyl/N-ethyl adjacent to an activating group) is 1. The third kappa shape index (κ3) is 7.61. The molecule has 43 heavy (non-hydrogen) atoms. The SMILES string of the molecule is COc1cc(C(C)(C)C2CN=C(COc3c(F)cc(C(=O)NCC[N+](C)(C)C)cc3Cl)N2c2ccc(C)cc2)ccc1Cl. The molecule has 0 radical (unpaired) electrons. The van der Waals surface area contributed by atoms with Gasteiger partial charge in [0.05, 0.1) is 64.0 Å². The smallest absolute Gasteiger partial charge is 0.251 e. The van der Waals surface area contributed by atoms with Gasteiger partial charge in [-0.05, 0) is 48.9 Å². The maximum absolute atomic E-state index is 15.2. The molecule has 10 heteroatoms. The predicted molar refractivity (Wildman–Crippen MR) is 173 cm³/mol. The number of halogens is 3. The topological polar surface area (TPSA) is 63.2 Å². The molecule has 1 amide bonds. The molecule has 0 aliphatic carbocycles. The van der Waals surface area contributed by atoms with Gasteiger partial charge in [-0.2, -0.15) is 0 Å². The van der Waals surface area contributed by atoms with Crippen LogP contribution in [0.5, 0.6) is 11.5 Å². The Hall–Kier alpha value is -3.33. The van der Waals surface area contributed by atoms with E-state index in [0.29, 0.717) is 34.2 Å². The normalized spacial score (nSPS) is 15.3. The third-order valence-corrected chi connectivity index (χ3v) is 8.34. The minimum atomic E-state index is -0.713. The van der Waals surface area contributed by atoms with Crippen molar-refractivity contribution in [3.05, 3.63) is 87.2 Å². The average Bonchev–Trinajstić information content (AvgIpc) is 3.37. The Morgan fingerprint density at radius 2 is 1.79 bits per heavy atom. The van der Waals surface area contributed by atoms with Crippen LogP contribution in [0, 0.1) is 12.7 Å². The zero-order valence-corrected chi connectivity index (χ0v) is 27.3. The van der Waals surface area contributed by atoms with Crippen molar-refractivity contribution in [1.29, 1.82) is 0 Å². The summed E-state index contributed by atoms with van der Waals surface area (Å²) < 4.78 is 27.4. The fourth-order valence-electron chi connectivity index (χ4n) is 5.06. The van der Waals surface area contributed by atoms with Crippen LogP contribution in [0.25, 0.3) is 0 Å². The number of methoxy groups -OCH3 is 1. The van der Waals surface area contributed by atoms with Gasteiger partial charge in [0.25, 0.3) is 5.91 Å². The average molecular weight is 631 g/mol. The Morgan fingerprint density at radius 1 is 1.09 bits per heavy atom. The molecular formula is C33H40Cl2FN4O3+. The first-order valence-corrected chi connectivity index (χ1v) is 14.9. The molecule has 1 N–H and O–H groups in total. The molecule has 1 aliphatic rings. The molecule has 230 valence electrons. The number of amidine groups is 1. The Bertz CT molecular complexity index is 1480. The first-order valence-electron chi connectivity index (χ1n) is 14.1. The number of carbonyl (C=O) groups is 1. The molecule has 0 saturated heterocycles. The lowest BCUT2D eigenvalue weighted by Gasteiger charge is -2.39. The van der Waals surface area contributed by atoms with Gasteiger partial charge in [-0.25, -0.2) is 4.39 Å². The van der Waals surface area contributed by atoms with Crippen LogP contribution in [-0.2, 0) is 5.41 Å². The van der Waals surface area contributed by atoms with Crippen molar-refractivity contribution in [2.75, 3.05) is 59.4 Å². The summed E-state index contributed by atoms with van der Waals surface area (Å²) in [5.41, 5.74) is 2.86. The second kappa shape index (κ2) is 13.1. The highest BCUT2D eigenvalue weighted by Crippen LogP contribution is 2.39. The number of hydrogen-bond donors (Lipinski definition) is 1. The van der Waals surface area contributed by atoms with Gasteiger partial charge in [0.2, 0.25) is 0 Å². The number of aliphatic imine (C=N–C) groups is 1. The van der Waals surface area contributed by atoms with E-state index < -0.39 is 17.1 Å². The lowest BCUT2D eigenvalue weighted by molar-refractivity contribution is -0.869. The van der Waals surface area contributed by atoms with E-state index in [0.717, 1.165) is 29.4 Å². The van der Waals surface area contributed by atoms with Gasteiger partial charge < -0.3 is 24.2 Å². The van der Waals surface area contributed by atoms with E-state index in [4.69, 9.17) is 37.7 Å². The van der Waals surface area contributed by atoms with E-state index in [9.17, 15) is 4.79 Å². The summed E-state index contributed by atoms with van der Waals surface area (Å²) in [5, 5.41) is 3.37. The van der Waals surface area contributed by atoms with Crippen LogP contribution in [0.3, 0.4) is 0 Å². The maximum atomic E-state index is 15.2. The molecule has 0 spiro atoms. The van der Waals surface area contributed by atoms with Gasteiger partial charge in [0.1, 0.15) is 18.2 Å². The summed E-state index contributed by atoms with van der Waals surface area (Å²) in [6.45, 7) is 8.00. The molecule has 3 aromatic carbocycles. The molecule has 1 unspecified atom stereocenters. The summed E-state index contributed by atoms with van der Waals surface area (Å²) in [4.78, 5) is 19.6. The molecule has 1 aliphatic heterocycles. The number of quaternary nitrogens is 1. The lowest BCUT2D eigenvalue weighted by atomic mass is 9.77. The Labute approximate surface area is 263 Å². The maximum Gasteiger partial charge on any atom is 0.251 e.